The third-order valence-corrected chi connectivity index (χ3v) is 3.72. The minimum absolute atomic E-state index is 0.0333. The van der Waals surface area contributed by atoms with Crippen LogP contribution in [0.2, 0.25) is 0 Å². The molecule has 0 heterocycles. The highest BCUT2D eigenvalue weighted by molar-refractivity contribution is 6.18. The smallest absolute Gasteiger partial charge is 0.220 e. The first-order valence-corrected chi connectivity index (χ1v) is 7.68. The van der Waals surface area contributed by atoms with Crippen molar-refractivity contribution < 1.29 is 4.79 Å². The molecule has 0 saturated heterocycles. The van der Waals surface area contributed by atoms with Gasteiger partial charge < -0.3 is 5.32 Å². The zero-order chi connectivity index (χ0) is 15.1. The van der Waals surface area contributed by atoms with Crippen molar-refractivity contribution in [3.8, 4) is 0 Å². The van der Waals surface area contributed by atoms with E-state index in [9.17, 15) is 4.79 Å². The average Bonchev–Trinajstić information content (AvgIpc) is 2.51. The maximum Gasteiger partial charge on any atom is 0.220 e. The molecule has 3 heteroatoms. The van der Waals surface area contributed by atoms with Crippen molar-refractivity contribution in [3.63, 3.8) is 0 Å². The summed E-state index contributed by atoms with van der Waals surface area (Å²) in [5.74, 6) is 0.409. The summed E-state index contributed by atoms with van der Waals surface area (Å²) < 4.78 is 0. The summed E-state index contributed by atoms with van der Waals surface area (Å²) in [7, 11) is 0. The van der Waals surface area contributed by atoms with Crippen LogP contribution in [0.25, 0.3) is 0 Å². The molecule has 0 aliphatic rings. The Morgan fingerprint density at radius 3 is 2.57 bits per heavy atom. The number of hydrogen-bond acceptors (Lipinski definition) is 1. The Hall–Kier alpha value is -1.80. The summed E-state index contributed by atoms with van der Waals surface area (Å²) in [6.07, 6.45) is 1.22. The van der Waals surface area contributed by atoms with Gasteiger partial charge in [0.15, 0.2) is 0 Å². The maximum absolute atomic E-state index is 12.1. The van der Waals surface area contributed by atoms with Gasteiger partial charge in [-0.25, -0.2) is 0 Å². The molecule has 1 unspecified atom stereocenters. The van der Waals surface area contributed by atoms with E-state index in [-0.39, 0.29) is 11.9 Å². The normalized spacial score (nSPS) is 11.9. The summed E-state index contributed by atoms with van der Waals surface area (Å²) in [6.45, 7) is 2.06. The standard InChI is InChI=1S/C18H20ClNO/c1-14-6-5-7-15(12-14)10-11-18(21)20-17(13-19)16-8-3-2-4-9-16/h2-9,12,17H,10-11,13H2,1H3,(H,20,21). The van der Waals surface area contributed by atoms with Crippen molar-refractivity contribution in [3.05, 3.63) is 71.3 Å². The van der Waals surface area contributed by atoms with Crippen LogP contribution in [-0.4, -0.2) is 11.8 Å². The minimum atomic E-state index is -0.127. The van der Waals surface area contributed by atoms with Crippen LogP contribution >= 0.6 is 11.6 Å². The summed E-state index contributed by atoms with van der Waals surface area (Å²) in [5, 5.41) is 3.00. The van der Waals surface area contributed by atoms with E-state index in [1.54, 1.807) is 0 Å². The molecule has 0 aliphatic heterocycles. The van der Waals surface area contributed by atoms with Gasteiger partial charge >= 0.3 is 0 Å². The molecular formula is C18H20ClNO. The molecule has 0 radical (unpaired) electrons. The zero-order valence-electron chi connectivity index (χ0n) is 12.2. The highest BCUT2D eigenvalue weighted by atomic mass is 35.5. The van der Waals surface area contributed by atoms with Crippen molar-refractivity contribution in [2.24, 2.45) is 0 Å². The largest absolute Gasteiger partial charge is 0.348 e. The minimum Gasteiger partial charge on any atom is -0.348 e. The molecular weight excluding hydrogens is 282 g/mol. The van der Waals surface area contributed by atoms with Crippen LogP contribution < -0.4 is 5.32 Å². The van der Waals surface area contributed by atoms with Crippen LogP contribution in [0.4, 0.5) is 0 Å². The van der Waals surface area contributed by atoms with Crippen LogP contribution in [0.15, 0.2) is 54.6 Å². The zero-order valence-corrected chi connectivity index (χ0v) is 12.9. The number of carbonyl (C=O) groups is 1. The number of alkyl halides is 1. The number of benzene rings is 2. The van der Waals surface area contributed by atoms with Gasteiger partial charge in [0.2, 0.25) is 5.91 Å². The first-order valence-electron chi connectivity index (χ1n) is 7.15. The second-order valence-corrected chi connectivity index (χ2v) is 5.48. The summed E-state index contributed by atoms with van der Waals surface area (Å²) in [6, 6.07) is 17.9. The molecule has 2 aromatic carbocycles. The van der Waals surface area contributed by atoms with E-state index in [1.807, 2.05) is 36.4 Å². The first kappa shape index (κ1) is 15.6. The second-order valence-electron chi connectivity index (χ2n) is 5.17. The lowest BCUT2D eigenvalue weighted by Gasteiger charge is -2.16. The Bertz CT molecular complexity index is 583. The lowest BCUT2D eigenvalue weighted by atomic mass is 10.1. The molecule has 110 valence electrons. The molecule has 1 amide bonds. The lowest BCUT2D eigenvalue weighted by molar-refractivity contribution is -0.121. The topological polar surface area (TPSA) is 29.1 Å². The third-order valence-electron chi connectivity index (χ3n) is 3.41. The number of amides is 1. The van der Waals surface area contributed by atoms with Gasteiger partial charge in [-0.05, 0) is 24.5 Å². The molecule has 0 saturated carbocycles. The third kappa shape index (κ3) is 4.91. The first-order chi connectivity index (χ1) is 10.2. The van der Waals surface area contributed by atoms with E-state index >= 15 is 0 Å². The van der Waals surface area contributed by atoms with Gasteiger partial charge in [-0.15, -0.1) is 11.6 Å². The Labute approximate surface area is 131 Å². The van der Waals surface area contributed by atoms with Gasteiger partial charge in [0.1, 0.15) is 0 Å². The lowest BCUT2D eigenvalue weighted by Crippen LogP contribution is -2.29. The van der Waals surface area contributed by atoms with Gasteiger partial charge in [-0.1, -0.05) is 60.2 Å². The van der Waals surface area contributed by atoms with E-state index in [0.717, 1.165) is 12.0 Å². The molecule has 0 aromatic heterocycles. The molecule has 0 bridgehead atoms. The summed E-state index contributed by atoms with van der Waals surface area (Å²) in [5.41, 5.74) is 3.44. The molecule has 2 aromatic rings. The number of nitrogens with one attached hydrogen (secondary N) is 1. The fraction of sp³-hybridized carbons (Fsp3) is 0.278. The SMILES string of the molecule is Cc1cccc(CCC(=O)NC(CCl)c2ccccc2)c1. The van der Waals surface area contributed by atoms with Crippen LogP contribution in [0.3, 0.4) is 0 Å². The Morgan fingerprint density at radius 2 is 1.90 bits per heavy atom. The molecule has 0 aliphatic carbocycles. The predicted octanol–water partition coefficient (Wildman–Crippen LogP) is 4.02. The number of hydrogen-bond donors (Lipinski definition) is 1. The van der Waals surface area contributed by atoms with Crippen molar-refractivity contribution >= 4 is 17.5 Å². The van der Waals surface area contributed by atoms with Crippen molar-refractivity contribution in [2.75, 3.05) is 5.88 Å². The van der Waals surface area contributed by atoms with Crippen LogP contribution in [0.1, 0.15) is 29.2 Å². The second kappa shape index (κ2) is 7.84. The molecule has 21 heavy (non-hydrogen) atoms. The summed E-state index contributed by atoms with van der Waals surface area (Å²) >= 11 is 5.97. The molecule has 2 nitrogen and oxygen atoms in total. The van der Waals surface area contributed by atoms with Crippen LogP contribution in [-0.2, 0) is 11.2 Å². The number of halogens is 1. The van der Waals surface area contributed by atoms with E-state index in [2.05, 4.69) is 30.4 Å². The fourth-order valence-electron chi connectivity index (χ4n) is 2.29. The van der Waals surface area contributed by atoms with Crippen molar-refractivity contribution in [2.45, 2.75) is 25.8 Å². The van der Waals surface area contributed by atoms with Crippen LogP contribution in [0, 0.1) is 6.92 Å². The molecule has 2 rings (SSSR count). The van der Waals surface area contributed by atoms with Crippen molar-refractivity contribution in [1.29, 1.82) is 0 Å². The molecule has 0 spiro atoms. The maximum atomic E-state index is 12.1. The average molecular weight is 302 g/mol. The fourth-order valence-corrected chi connectivity index (χ4v) is 2.54. The van der Waals surface area contributed by atoms with E-state index in [0.29, 0.717) is 12.3 Å². The highest BCUT2D eigenvalue weighted by Crippen LogP contribution is 2.14. The predicted molar refractivity (Wildman–Crippen MR) is 87.5 cm³/mol. The highest BCUT2D eigenvalue weighted by Gasteiger charge is 2.13. The van der Waals surface area contributed by atoms with E-state index in [4.69, 9.17) is 11.6 Å². The number of rotatable bonds is 6. The van der Waals surface area contributed by atoms with Gasteiger partial charge in [-0.3, -0.25) is 4.79 Å². The monoisotopic (exact) mass is 301 g/mol. The van der Waals surface area contributed by atoms with Gasteiger partial charge in [0.25, 0.3) is 0 Å². The number of aryl methyl sites for hydroxylation is 2. The Morgan fingerprint density at radius 1 is 1.14 bits per heavy atom. The Kier molecular flexibility index (Phi) is 5.82. The van der Waals surface area contributed by atoms with Gasteiger partial charge in [-0.2, -0.15) is 0 Å². The molecule has 1 atom stereocenters. The van der Waals surface area contributed by atoms with Crippen molar-refractivity contribution in [1.82, 2.24) is 5.32 Å². The summed E-state index contributed by atoms with van der Waals surface area (Å²) in [4.78, 5) is 12.1. The Balaban J connectivity index is 1.89. The van der Waals surface area contributed by atoms with Gasteiger partial charge in [0, 0.05) is 12.3 Å². The van der Waals surface area contributed by atoms with E-state index in [1.165, 1.54) is 11.1 Å². The van der Waals surface area contributed by atoms with Crippen LogP contribution in [0.5, 0.6) is 0 Å². The van der Waals surface area contributed by atoms with Gasteiger partial charge in [0.05, 0.1) is 6.04 Å². The molecule has 0 fully saturated rings. The molecule has 1 N–H and O–H groups in total. The number of carbonyl (C=O) groups excluding carboxylic acids is 1. The van der Waals surface area contributed by atoms with E-state index < -0.39 is 0 Å². The quantitative estimate of drug-likeness (QED) is 0.802.